The van der Waals surface area contributed by atoms with Gasteiger partial charge in [0.2, 0.25) is 0 Å². The summed E-state index contributed by atoms with van der Waals surface area (Å²) in [5.41, 5.74) is 0.249. The molecule has 0 atom stereocenters. The van der Waals surface area contributed by atoms with Crippen molar-refractivity contribution in [1.82, 2.24) is 25.3 Å². The Bertz CT molecular complexity index is 762. The van der Waals surface area contributed by atoms with Gasteiger partial charge in [-0.25, -0.2) is 14.8 Å². The van der Waals surface area contributed by atoms with E-state index >= 15 is 0 Å². The van der Waals surface area contributed by atoms with E-state index in [2.05, 4.69) is 20.3 Å². The SMILES string of the molecule is O=C(NCc1cc(C2CC2)ncn1)c1cc(=O)[nH]c(=O)[nH]1. The Kier molecular flexibility index (Phi) is 3.35. The summed E-state index contributed by atoms with van der Waals surface area (Å²) in [5.74, 6) is -0.0312. The molecule has 3 N–H and O–H groups in total. The lowest BCUT2D eigenvalue weighted by Gasteiger charge is -2.05. The number of H-pyrrole nitrogens is 2. The summed E-state index contributed by atoms with van der Waals surface area (Å²) < 4.78 is 0. The number of hydrogen-bond acceptors (Lipinski definition) is 5. The molecule has 0 aromatic carbocycles. The maximum atomic E-state index is 11.9. The smallest absolute Gasteiger partial charge is 0.326 e. The third kappa shape index (κ3) is 3.22. The molecule has 0 aliphatic heterocycles. The number of rotatable bonds is 4. The van der Waals surface area contributed by atoms with Crippen LogP contribution in [-0.2, 0) is 6.54 Å². The predicted molar refractivity (Wildman–Crippen MR) is 72.9 cm³/mol. The van der Waals surface area contributed by atoms with Crippen LogP contribution in [0, 0.1) is 0 Å². The highest BCUT2D eigenvalue weighted by Crippen LogP contribution is 2.38. The van der Waals surface area contributed by atoms with Gasteiger partial charge < -0.3 is 10.3 Å². The maximum Gasteiger partial charge on any atom is 0.326 e. The van der Waals surface area contributed by atoms with Crippen LogP contribution in [0.1, 0.15) is 40.6 Å². The Labute approximate surface area is 118 Å². The summed E-state index contributed by atoms with van der Waals surface area (Å²) in [6.07, 6.45) is 3.75. The first-order valence-corrected chi connectivity index (χ1v) is 6.54. The van der Waals surface area contributed by atoms with Crippen LogP contribution in [0.15, 0.2) is 28.0 Å². The average molecular weight is 287 g/mol. The zero-order chi connectivity index (χ0) is 14.8. The molecule has 0 radical (unpaired) electrons. The molecule has 108 valence electrons. The standard InChI is InChI=1S/C13H13N5O3/c19-11-4-10(17-13(21)18-11)12(20)14-5-8-3-9(7-1-2-7)16-6-15-8/h3-4,6-7H,1-2,5H2,(H,14,20)(H2,17,18,19,21). The number of aromatic nitrogens is 4. The number of hydrogen-bond donors (Lipinski definition) is 3. The van der Waals surface area contributed by atoms with Crippen LogP contribution in [0.25, 0.3) is 0 Å². The Morgan fingerprint density at radius 3 is 2.76 bits per heavy atom. The molecule has 0 unspecified atom stereocenters. The molecule has 21 heavy (non-hydrogen) atoms. The quantitative estimate of drug-likeness (QED) is 0.710. The van der Waals surface area contributed by atoms with E-state index < -0.39 is 17.2 Å². The molecule has 1 saturated carbocycles. The second kappa shape index (κ2) is 5.31. The Balaban J connectivity index is 1.69. The highest BCUT2D eigenvalue weighted by Gasteiger charge is 2.25. The minimum absolute atomic E-state index is 0.0831. The molecule has 0 saturated heterocycles. The van der Waals surface area contributed by atoms with Gasteiger partial charge in [-0.2, -0.15) is 0 Å². The lowest BCUT2D eigenvalue weighted by Crippen LogP contribution is -2.30. The molecular weight excluding hydrogens is 274 g/mol. The third-order valence-electron chi connectivity index (χ3n) is 3.18. The molecule has 8 heteroatoms. The van der Waals surface area contributed by atoms with E-state index in [1.165, 1.54) is 6.33 Å². The molecule has 2 aromatic rings. The number of carbonyl (C=O) groups excluding carboxylic acids is 1. The minimum Gasteiger partial charge on any atom is -0.345 e. The molecule has 0 bridgehead atoms. The van der Waals surface area contributed by atoms with Gasteiger partial charge in [-0.3, -0.25) is 14.6 Å². The molecular formula is C13H13N5O3. The summed E-state index contributed by atoms with van der Waals surface area (Å²) in [6, 6.07) is 2.89. The third-order valence-corrected chi connectivity index (χ3v) is 3.18. The first kappa shape index (κ1) is 13.2. The zero-order valence-electron chi connectivity index (χ0n) is 11.0. The van der Waals surface area contributed by atoms with Crippen LogP contribution in [0.2, 0.25) is 0 Å². The van der Waals surface area contributed by atoms with Gasteiger partial charge >= 0.3 is 5.69 Å². The summed E-state index contributed by atoms with van der Waals surface area (Å²) in [6.45, 7) is 0.204. The lowest BCUT2D eigenvalue weighted by atomic mass is 10.2. The molecule has 1 fully saturated rings. The monoisotopic (exact) mass is 287 g/mol. The minimum atomic E-state index is -0.717. The van der Waals surface area contributed by atoms with E-state index in [-0.39, 0.29) is 12.2 Å². The van der Waals surface area contributed by atoms with Crippen molar-refractivity contribution in [3.05, 3.63) is 56.4 Å². The van der Waals surface area contributed by atoms with Crippen LogP contribution in [0.4, 0.5) is 0 Å². The number of nitrogens with zero attached hydrogens (tertiary/aromatic N) is 2. The summed E-state index contributed by atoms with van der Waals surface area (Å²) in [4.78, 5) is 46.7. The van der Waals surface area contributed by atoms with Crippen molar-refractivity contribution in [1.29, 1.82) is 0 Å². The van der Waals surface area contributed by atoms with Gasteiger partial charge in [0.05, 0.1) is 12.2 Å². The zero-order valence-corrected chi connectivity index (χ0v) is 11.0. The summed E-state index contributed by atoms with van der Waals surface area (Å²) in [7, 11) is 0. The fourth-order valence-corrected chi connectivity index (χ4v) is 1.97. The van der Waals surface area contributed by atoms with E-state index in [9.17, 15) is 14.4 Å². The lowest BCUT2D eigenvalue weighted by molar-refractivity contribution is 0.0944. The number of amides is 1. The summed E-state index contributed by atoms with van der Waals surface area (Å²) in [5, 5.41) is 2.60. The van der Waals surface area contributed by atoms with Gasteiger partial charge in [-0.1, -0.05) is 0 Å². The number of carbonyl (C=O) groups is 1. The van der Waals surface area contributed by atoms with Crippen molar-refractivity contribution in [2.75, 3.05) is 0 Å². The van der Waals surface area contributed by atoms with E-state index in [4.69, 9.17) is 0 Å². The summed E-state index contributed by atoms with van der Waals surface area (Å²) >= 11 is 0. The number of aromatic amines is 2. The Hall–Kier alpha value is -2.77. The fourth-order valence-electron chi connectivity index (χ4n) is 1.97. The van der Waals surface area contributed by atoms with Crippen LogP contribution < -0.4 is 16.6 Å². The van der Waals surface area contributed by atoms with Gasteiger partial charge in [-0.05, 0) is 18.9 Å². The van der Waals surface area contributed by atoms with Crippen LogP contribution in [0.3, 0.4) is 0 Å². The van der Waals surface area contributed by atoms with E-state index in [1.54, 1.807) is 0 Å². The number of nitrogens with one attached hydrogen (secondary N) is 3. The highest BCUT2D eigenvalue weighted by molar-refractivity contribution is 5.91. The van der Waals surface area contributed by atoms with Gasteiger partial charge in [0.15, 0.2) is 0 Å². The Morgan fingerprint density at radius 1 is 1.24 bits per heavy atom. The van der Waals surface area contributed by atoms with Gasteiger partial charge in [0, 0.05) is 17.7 Å². The van der Waals surface area contributed by atoms with Crippen molar-refractivity contribution < 1.29 is 4.79 Å². The molecule has 1 amide bonds. The van der Waals surface area contributed by atoms with E-state index in [1.807, 2.05) is 11.1 Å². The van der Waals surface area contributed by atoms with Crippen molar-refractivity contribution in [3.63, 3.8) is 0 Å². The largest absolute Gasteiger partial charge is 0.345 e. The fraction of sp³-hybridized carbons (Fsp3) is 0.308. The second-order valence-corrected chi connectivity index (χ2v) is 4.89. The first-order chi connectivity index (χ1) is 10.1. The van der Waals surface area contributed by atoms with Crippen molar-refractivity contribution >= 4 is 5.91 Å². The van der Waals surface area contributed by atoms with Gasteiger partial charge in [-0.15, -0.1) is 0 Å². The molecule has 2 heterocycles. The maximum absolute atomic E-state index is 11.9. The van der Waals surface area contributed by atoms with Gasteiger partial charge in [0.25, 0.3) is 11.5 Å². The molecule has 0 spiro atoms. The van der Waals surface area contributed by atoms with Gasteiger partial charge in [0.1, 0.15) is 12.0 Å². The highest BCUT2D eigenvalue weighted by atomic mass is 16.2. The average Bonchev–Trinajstić information content (AvgIpc) is 3.28. The second-order valence-electron chi connectivity index (χ2n) is 4.89. The van der Waals surface area contributed by atoms with Crippen LogP contribution in [0.5, 0.6) is 0 Å². The van der Waals surface area contributed by atoms with Crippen LogP contribution in [-0.4, -0.2) is 25.8 Å². The Morgan fingerprint density at radius 2 is 2.05 bits per heavy atom. The molecule has 1 aliphatic carbocycles. The van der Waals surface area contributed by atoms with E-state index in [0.29, 0.717) is 11.6 Å². The molecule has 8 nitrogen and oxygen atoms in total. The van der Waals surface area contributed by atoms with Crippen molar-refractivity contribution in [2.24, 2.45) is 0 Å². The molecule has 3 rings (SSSR count). The molecule has 1 aliphatic rings. The molecule has 2 aromatic heterocycles. The normalized spacial score (nSPS) is 13.9. The predicted octanol–water partition coefficient (Wildman–Crippen LogP) is -0.339. The first-order valence-electron chi connectivity index (χ1n) is 6.54. The topological polar surface area (TPSA) is 121 Å². The van der Waals surface area contributed by atoms with Crippen molar-refractivity contribution in [3.8, 4) is 0 Å². The van der Waals surface area contributed by atoms with Crippen molar-refractivity contribution in [2.45, 2.75) is 25.3 Å². The van der Waals surface area contributed by atoms with Crippen LogP contribution >= 0.6 is 0 Å². The van der Waals surface area contributed by atoms with E-state index in [0.717, 1.165) is 24.6 Å².